The number of ether oxygens (including phenoxy) is 2. The van der Waals surface area contributed by atoms with Gasteiger partial charge in [-0.25, -0.2) is 4.57 Å². The van der Waals surface area contributed by atoms with Gasteiger partial charge in [0.15, 0.2) is 6.10 Å². The molecule has 0 aliphatic heterocycles. The van der Waals surface area contributed by atoms with Crippen molar-refractivity contribution in [1.82, 2.24) is 0 Å². The van der Waals surface area contributed by atoms with E-state index in [2.05, 4.69) is 30.5 Å². The summed E-state index contributed by atoms with van der Waals surface area (Å²) in [5.74, 6) is -3.78. The quantitative estimate of drug-likeness (QED) is 0.0153. The number of rotatable bonds is 38. The zero-order valence-corrected chi connectivity index (χ0v) is 37.3. The predicted octanol–water partition coefficient (Wildman–Crippen LogP) is 7.40. The number of ketones is 1. The first-order chi connectivity index (χ1) is 28.7. The van der Waals surface area contributed by atoms with E-state index in [0.29, 0.717) is 25.7 Å². The third-order valence-electron chi connectivity index (χ3n) is 10.7. The number of carbonyl (C=O) groups excluding carboxylic acids is 3. The molecule has 0 heterocycles. The molecule has 1 saturated carbocycles. The Balaban J connectivity index is 2.51. The molecule has 0 bridgehead atoms. The smallest absolute Gasteiger partial charge is 0.472 e. The number of nitrogens with two attached hydrogens (primary N) is 1. The maximum Gasteiger partial charge on any atom is 0.472 e. The summed E-state index contributed by atoms with van der Waals surface area (Å²) >= 11 is 0. The molecule has 0 aromatic heterocycles. The van der Waals surface area contributed by atoms with Crippen molar-refractivity contribution in [1.29, 1.82) is 0 Å². The summed E-state index contributed by atoms with van der Waals surface area (Å²) in [6.45, 7) is 2.30. The van der Waals surface area contributed by atoms with Crippen molar-refractivity contribution in [2.24, 2.45) is 17.6 Å². The van der Waals surface area contributed by atoms with Crippen LogP contribution in [0.3, 0.4) is 0 Å². The van der Waals surface area contributed by atoms with E-state index in [1.807, 2.05) is 0 Å². The lowest BCUT2D eigenvalue weighted by Crippen LogP contribution is -2.34. The number of phosphoric acid groups is 1. The largest absolute Gasteiger partial charge is 0.480 e. The Morgan fingerprint density at radius 2 is 1.28 bits per heavy atom. The van der Waals surface area contributed by atoms with Crippen LogP contribution in [-0.4, -0.2) is 99.3 Å². The van der Waals surface area contributed by atoms with Crippen LogP contribution in [0.25, 0.3) is 0 Å². The second-order valence-corrected chi connectivity index (χ2v) is 17.6. The summed E-state index contributed by atoms with van der Waals surface area (Å²) < 4.78 is 32.6. The topological polar surface area (TPSA) is 249 Å². The minimum Gasteiger partial charge on any atom is -0.480 e. The van der Waals surface area contributed by atoms with Gasteiger partial charge in [-0.05, 0) is 51.4 Å². The normalized spacial score (nSPS) is 20.6. The predicted molar refractivity (Wildman–Crippen MR) is 229 cm³/mol. The molecule has 1 unspecified atom stereocenters. The highest BCUT2D eigenvalue weighted by molar-refractivity contribution is 7.47. The molecule has 0 aromatic rings. The van der Waals surface area contributed by atoms with Gasteiger partial charge in [0.05, 0.1) is 31.5 Å². The molecular weight excluding hydrogens is 797 g/mol. The van der Waals surface area contributed by atoms with Crippen molar-refractivity contribution >= 4 is 31.5 Å². The molecule has 0 radical (unpaired) electrons. The number of hydrogen-bond acceptors (Lipinski definition) is 13. The number of phosphoric ester groups is 1. The molecular formula is C44H78NO14P. The van der Waals surface area contributed by atoms with Crippen LogP contribution in [0.1, 0.15) is 168 Å². The Kier molecular flexibility index (Phi) is 31.5. The number of esters is 2. The second-order valence-electron chi connectivity index (χ2n) is 16.1. The molecule has 8 atom stereocenters. The maximum atomic E-state index is 12.8. The van der Waals surface area contributed by atoms with E-state index in [1.165, 1.54) is 25.7 Å². The molecule has 16 heteroatoms. The minimum atomic E-state index is -4.81. The summed E-state index contributed by atoms with van der Waals surface area (Å²) in [5.41, 5.74) is 5.32. The molecule has 348 valence electrons. The Bertz CT molecular complexity index is 1300. The molecule has 15 nitrogen and oxygen atoms in total. The van der Waals surface area contributed by atoms with Crippen molar-refractivity contribution in [3.8, 4) is 0 Å². The van der Waals surface area contributed by atoms with E-state index >= 15 is 0 Å². The second kappa shape index (κ2) is 34.1. The lowest BCUT2D eigenvalue weighted by Gasteiger charge is -2.20. The molecule has 60 heavy (non-hydrogen) atoms. The fraction of sp³-hybridized carbons (Fsp3) is 0.818. The van der Waals surface area contributed by atoms with Gasteiger partial charge in [0, 0.05) is 43.9 Å². The fourth-order valence-corrected chi connectivity index (χ4v) is 7.77. The van der Waals surface area contributed by atoms with Gasteiger partial charge >= 0.3 is 25.7 Å². The van der Waals surface area contributed by atoms with Gasteiger partial charge < -0.3 is 40.5 Å². The van der Waals surface area contributed by atoms with Gasteiger partial charge in [0.1, 0.15) is 18.4 Å². The van der Waals surface area contributed by atoms with Crippen LogP contribution in [0.2, 0.25) is 0 Å². The zero-order valence-electron chi connectivity index (χ0n) is 36.4. The lowest BCUT2D eigenvalue weighted by molar-refractivity contribution is -0.161. The summed E-state index contributed by atoms with van der Waals surface area (Å²) in [6, 6.07) is -1.58. The van der Waals surface area contributed by atoms with Crippen LogP contribution in [0.15, 0.2) is 24.3 Å². The van der Waals surface area contributed by atoms with E-state index in [1.54, 1.807) is 12.2 Å². The average Bonchev–Trinajstić information content (AvgIpc) is 3.47. The maximum absolute atomic E-state index is 12.8. The third kappa shape index (κ3) is 28.2. The van der Waals surface area contributed by atoms with Crippen molar-refractivity contribution in [3.05, 3.63) is 24.3 Å². The van der Waals surface area contributed by atoms with Gasteiger partial charge in [0.25, 0.3) is 0 Å². The van der Waals surface area contributed by atoms with Crippen molar-refractivity contribution < 1.29 is 67.6 Å². The molecule has 0 aromatic carbocycles. The van der Waals surface area contributed by atoms with Crippen molar-refractivity contribution in [2.75, 3.05) is 19.8 Å². The summed E-state index contributed by atoms with van der Waals surface area (Å²) in [7, 11) is -4.81. The number of carboxylic acid groups (broad SMARTS) is 1. The molecule has 0 saturated heterocycles. The van der Waals surface area contributed by atoms with Gasteiger partial charge in [-0.1, -0.05) is 109 Å². The van der Waals surface area contributed by atoms with Gasteiger partial charge in [0.2, 0.25) is 0 Å². The van der Waals surface area contributed by atoms with Crippen LogP contribution in [0.4, 0.5) is 0 Å². The Hall–Kier alpha value is -2.49. The highest BCUT2D eigenvalue weighted by Gasteiger charge is 2.41. The third-order valence-corrected chi connectivity index (χ3v) is 11.6. The number of carboxylic acids is 1. The Labute approximate surface area is 358 Å². The highest BCUT2D eigenvalue weighted by atomic mass is 31.2. The number of hydrogen-bond donors (Lipinski definition) is 6. The van der Waals surface area contributed by atoms with Crippen molar-refractivity contribution in [3.63, 3.8) is 0 Å². The van der Waals surface area contributed by atoms with E-state index in [0.717, 1.165) is 70.6 Å². The number of unbranched alkanes of at least 4 members (excludes halogenated alkanes) is 14. The zero-order chi connectivity index (χ0) is 44.6. The SMILES string of the molecule is CCCCCC/C=C\CCCCCCCCCC(=O)O[C@H](COC(=O)CCCCC(=O)C[C@@H]1[C@@H](/C=C/[C@@H](O)CCCCC)[C@H](O)C[C@@H]1O)COP(=O)(O)OC[C@H](N)C(=O)O. The number of aliphatic hydroxyl groups is 3. The Morgan fingerprint density at radius 3 is 1.93 bits per heavy atom. The molecule has 1 aliphatic carbocycles. The summed E-state index contributed by atoms with van der Waals surface area (Å²) in [6.07, 6.45) is 23.1. The van der Waals surface area contributed by atoms with Crippen LogP contribution in [-0.2, 0) is 42.3 Å². The Morgan fingerprint density at radius 1 is 0.733 bits per heavy atom. The first kappa shape index (κ1) is 55.5. The highest BCUT2D eigenvalue weighted by Crippen LogP contribution is 2.43. The number of aliphatic hydroxyl groups excluding tert-OH is 3. The first-order valence-corrected chi connectivity index (χ1v) is 24.0. The van der Waals surface area contributed by atoms with Crippen LogP contribution in [0.5, 0.6) is 0 Å². The molecule has 0 amide bonds. The fourth-order valence-electron chi connectivity index (χ4n) is 7.00. The van der Waals surface area contributed by atoms with Gasteiger partial charge in [-0.15, -0.1) is 0 Å². The first-order valence-electron chi connectivity index (χ1n) is 22.5. The lowest BCUT2D eigenvalue weighted by atomic mass is 9.87. The standard InChI is InChI=1S/C44H78NO14P/c1-3-5-7-8-9-10-11-12-13-14-15-16-17-18-20-26-43(51)59-36(32-57-60(54,55)58-33-39(45)44(52)53)31-56-42(50)25-22-21-24-35(47)29-38-37(40(48)30-41(38)49)28-27-34(46)23-19-6-4-2/h10-11,27-28,34,36-41,46,48-49H,3-9,12-26,29-33,45H2,1-2H3,(H,52,53)(H,54,55)/b11-10-,28-27+/t34-,36+,37+,38+,39-,40+,41-/m0/s1. The van der Waals surface area contributed by atoms with E-state index in [9.17, 15) is 44.0 Å². The number of Topliss-reactive ketones (excluding diaryl/α,β-unsaturated/α-hetero) is 1. The van der Waals surface area contributed by atoms with E-state index in [-0.39, 0.29) is 37.9 Å². The van der Waals surface area contributed by atoms with Gasteiger partial charge in [-0.3, -0.25) is 28.2 Å². The molecule has 7 N–H and O–H groups in total. The van der Waals surface area contributed by atoms with Crippen LogP contribution < -0.4 is 5.73 Å². The van der Waals surface area contributed by atoms with Gasteiger partial charge in [-0.2, -0.15) is 0 Å². The van der Waals surface area contributed by atoms with Crippen LogP contribution >= 0.6 is 7.82 Å². The average molecular weight is 876 g/mol. The number of allylic oxidation sites excluding steroid dienone is 2. The molecule has 1 aliphatic rings. The molecule has 1 rings (SSSR count). The van der Waals surface area contributed by atoms with Crippen molar-refractivity contribution in [2.45, 2.75) is 198 Å². The molecule has 0 spiro atoms. The number of carbonyl (C=O) groups is 4. The monoisotopic (exact) mass is 876 g/mol. The summed E-state index contributed by atoms with van der Waals surface area (Å²) in [5, 5.41) is 40.2. The number of aliphatic carboxylic acids is 1. The molecule has 1 fully saturated rings. The van der Waals surface area contributed by atoms with Crippen LogP contribution in [0, 0.1) is 11.8 Å². The van der Waals surface area contributed by atoms with E-state index in [4.69, 9.17) is 24.8 Å². The summed E-state index contributed by atoms with van der Waals surface area (Å²) in [4.78, 5) is 59.0. The van der Waals surface area contributed by atoms with E-state index < -0.39 is 87.8 Å². The minimum absolute atomic E-state index is 0.0503.